The molecular weight excluding hydrogens is 552 g/mol. The van der Waals surface area contributed by atoms with Gasteiger partial charge in [0.1, 0.15) is 29.7 Å². The number of likely N-dealkylation sites (tertiary alicyclic amines) is 1. The van der Waals surface area contributed by atoms with Gasteiger partial charge in [-0.2, -0.15) is 0 Å². The van der Waals surface area contributed by atoms with Gasteiger partial charge in [0.05, 0.1) is 45.4 Å². The summed E-state index contributed by atoms with van der Waals surface area (Å²) in [5, 5.41) is 6.08. The van der Waals surface area contributed by atoms with Crippen LogP contribution in [-0.4, -0.2) is 91.4 Å². The summed E-state index contributed by atoms with van der Waals surface area (Å²) in [6.45, 7) is 7.03. The molecule has 43 heavy (non-hydrogen) atoms. The van der Waals surface area contributed by atoms with Crippen molar-refractivity contribution in [2.45, 2.75) is 32.6 Å². The minimum Gasteiger partial charge on any atom is -0.495 e. The van der Waals surface area contributed by atoms with Crippen LogP contribution in [0.5, 0.6) is 11.5 Å². The van der Waals surface area contributed by atoms with Crippen molar-refractivity contribution in [3.63, 3.8) is 0 Å². The molecule has 2 N–H and O–H groups in total. The van der Waals surface area contributed by atoms with E-state index < -0.39 is 0 Å². The highest BCUT2D eigenvalue weighted by Gasteiger charge is 2.26. The highest BCUT2D eigenvalue weighted by molar-refractivity contribution is 5.73. The number of rotatable bonds is 15. The fourth-order valence-corrected chi connectivity index (χ4v) is 4.66. The van der Waals surface area contributed by atoms with Crippen molar-refractivity contribution in [2.24, 2.45) is 0 Å². The van der Waals surface area contributed by atoms with Gasteiger partial charge in [-0.05, 0) is 31.0 Å². The molecular formula is C31H40N6O6. The molecule has 1 unspecified atom stereocenters. The number of pyridine rings is 1. The number of anilines is 2. The van der Waals surface area contributed by atoms with E-state index in [0.29, 0.717) is 75.0 Å². The van der Waals surface area contributed by atoms with Gasteiger partial charge in [-0.15, -0.1) is 0 Å². The van der Waals surface area contributed by atoms with Crippen LogP contribution in [0.4, 0.5) is 11.5 Å². The van der Waals surface area contributed by atoms with E-state index in [9.17, 15) is 9.59 Å². The van der Waals surface area contributed by atoms with Crippen LogP contribution < -0.4 is 20.1 Å². The van der Waals surface area contributed by atoms with E-state index in [1.165, 1.54) is 6.92 Å². The Balaban J connectivity index is 1.39. The third kappa shape index (κ3) is 10.2. The number of amides is 2. The smallest absolute Gasteiger partial charge is 0.219 e. The molecule has 230 valence electrons. The molecule has 3 heterocycles. The first-order valence-electron chi connectivity index (χ1n) is 14.4. The number of methoxy groups -OCH3 is 1. The van der Waals surface area contributed by atoms with Gasteiger partial charge in [-0.1, -0.05) is 6.07 Å². The number of hydrogen-bond acceptors (Lipinski definition) is 10. The van der Waals surface area contributed by atoms with Crippen molar-refractivity contribution in [2.75, 3.05) is 65.1 Å². The molecule has 1 aliphatic heterocycles. The van der Waals surface area contributed by atoms with Crippen molar-refractivity contribution < 1.29 is 28.5 Å². The summed E-state index contributed by atoms with van der Waals surface area (Å²) < 4.78 is 22.2. The number of aromatic nitrogens is 3. The van der Waals surface area contributed by atoms with Crippen molar-refractivity contribution in [1.29, 1.82) is 0 Å². The lowest BCUT2D eigenvalue weighted by Gasteiger charge is -2.31. The van der Waals surface area contributed by atoms with Crippen LogP contribution in [0.1, 0.15) is 38.4 Å². The van der Waals surface area contributed by atoms with Gasteiger partial charge < -0.3 is 34.5 Å². The lowest BCUT2D eigenvalue weighted by Crippen LogP contribution is -2.38. The Morgan fingerprint density at radius 2 is 1.79 bits per heavy atom. The quantitative estimate of drug-likeness (QED) is 0.252. The zero-order valence-electron chi connectivity index (χ0n) is 25.0. The number of hydrogen-bond donors (Lipinski definition) is 2. The zero-order valence-corrected chi connectivity index (χ0v) is 25.0. The minimum atomic E-state index is -0.0739. The summed E-state index contributed by atoms with van der Waals surface area (Å²) in [5.41, 5.74) is 2.32. The van der Waals surface area contributed by atoms with E-state index in [1.807, 2.05) is 41.3 Å². The van der Waals surface area contributed by atoms with Crippen molar-refractivity contribution >= 4 is 23.3 Å². The SMILES string of the molecule is COc1cncc(-c2cc(Nc3cccc(OCCOCCOCCNC(C)=O)c3)nc(C3CCCN(C(C)=O)C3)n2)c1. The second kappa shape index (κ2) is 16.4. The summed E-state index contributed by atoms with van der Waals surface area (Å²) in [7, 11) is 1.60. The largest absolute Gasteiger partial charge is 0.495 e. The van der Waals surface area contributed by atoms with E-state index in [-0.39, 0.29) is 17.7 Å². The maximum Gasteiger partial charge on any atom is 0.219 e. The van der Waals surface area contributed by atoms with Crippen molar-refractivity contribution in [3.8, 4) is 22.8 Å². The number of nitrogens with one attached hydrogen (secondary N) is 2. The Hall–Kier alpha value is -4.29. The van der Waals surface area contributed by atoms with Crippen LogP contribution in [0.3, 0.4) is 0 Å². The summed E-state index contributed by atoms with van der Waals surface area (Å²) in [6.07, 6.45) is 5.20. The highest BCUT2D eigenvalue weighted by atomic mass is 16.5. The predicted octanol–water partition coefficient (Wildman–Crippen LogP) is 3.56. The molecule has 4 rings (SSSR count). The standard InChI is InChI=1S/C31H40N6O6/c1-22(38)33-9-11-41-12-13-42-14-15-43-27-8-4-7-26(17-27)34-30-18-29(25-16-28(40-3)20-32-19-25)35-31(36-30)24-6-5-10-37(21-24)23(2)39/h4,7-8,16-20,24H,5-6,9-15,21H2,1-3H3,(H,33,38)(H,34,35,36). The molecule has 1 saturated heterocycles. The second-order valence-corrected chi connectivity index (χ2v) is 10.1. The molecule has 0 aliphatic carbocycles. The normalized spacial score (nSPS) is 14.7. The third-order valence-corrected chi connectivity index (χ3v) is 6.82. The number of benzene rings is 1. The van der Waals surface area contributed by atoms with Crippen molar-refractivity contribution in [3.05, 3.63) is 54.6 Å². The van der Waals surface area contributed by atoms with E-state index in [0.717, 1.165) is 30.6 Å². The average molecular weight is 593 g/mol. The molecule has 12 heteroatoms. The number of ether oxygens (including phenoxy) is 4. The van der Waals surface area contributed by atoms with Crippen molar-refractivity contribution in [1.82, 2.24) is 25.2 Å². The monoisotopic (exact) mass is 592 g/mol. The Labute approximate surface area is 252 Å². The van der Waals surface area contributed by atoms with Crippen LogP contribution in [0, 0.1) is 0 Å². The van der Waals surface area contributed by atoms with E-state index >= 15 is 0 Å². The van der Waals surface area contributed by atoms with Gasteiger partial charge in [0.15, 0.2) is 0 Å². The van der Waals surface area contributed by atoms with E-state index in [2.05, 4.69) is 15.6 Å². The summed E-state index contributed by atoms with van der Waals surface area (Å²) in [5.74, 6) is 2.64. The fourth-order valence-electron chi connectivity index (χ4n) is 4.66. The van der Waals surface area contributed by atoms with Gasteiger partial charge in [-0.3, -0.25) is 14.6 Å². The molecule has 2 aromatic heterocycles. The summed E-state index contributed by atoms with van der Waals surface area (Å²) in [4.78, 5) is 38.8. The Kier molecular flexibility index (Phi) is 12.0. The molecule has 3 aromatic rings. The van der Waals surface area contributed by atoms with Gasteiger partial charge >= 0.3 is 0 Å². The van der Waals surface area contributed by atoms with Gasteiger partial charge in [0.2, 0.25) is 11.8 Å². The molecule has 0 spiro atoms. The topological polar surface area (TPSA) is 137 Å². The molecule has 1 atom stereocenters. The maximum absolute atomic E-state index is 12.1. The van der Waals surface area contributed by atoms with E-state index in [1.54, 1.807) is 26.4 Å². The molecule has 1 aliphatic rings. The fraction of sp³-hybridized carbons (Fsp3) is 0.452. The van der Waals surface area contributed by atoms with Crippen LogP contribution in [0.2, 0.25) is 0 Å². The highest BCUT2D eigenvalue weighted by Crippen LogP contribution is 2.30. The van der Waals surface area contributed by atoms with Crippen LogP contribution in [-0.2, 0) is 19.1 Å². The van der Waals surface area contributed by atoms with Gasteiger partial charge in [-0.25, -0.2) is 9.97 Å². The zero-order chi connectivity index (χ0) is 30.4. The first-order valence-corrected chi connectivity index (χ1v) is 14.4. The Morgan fingerprint density at radius 1 is 0.977 bits per heavy atom. The molecule has 12 nitrogen and oxygen atoms in total. The Bertz CT molecular complexity index is 1360. The maximum atomic E-state index is 12.1. The molecule has 0 bridgehead atoms. The summed E-state index contributed by atoms with van der Waals surface area (Å²) >= 11 is 0. The molecule has 0 saturated carbocycles. The minimum absolute atomic E-state index is 0.0222. The number of piperidine rings is 1. The molecule has 0 radical (unpaired) electrons. The van der Waals surface area contributed by atoms with Crippen LogP contribution in [0.25, 0.3) is 11.3 Å². The lowest BCUT2D eigenvalue weighted by molar-refractivity contribution is -0.130. The predicted molar refractivity (Wildman–Crippen MR) is 162 cm³/mol. The Morgan fingerprint density at radius 3 is 2.58 bits per heavy atom. The molecule has 1 fully saturated rings. The molecule has 2 amide bonds. The third-order valence-electron chi connectivity index (χ3n) is 6.82. The van der Waals surface area contributed by atoms with Crippen LogP contribution in [0.15, 0.2) is 48.8 Å². The summed E-state index contributed by atoms with van der Waals surface area (Å²) in [6, 6.07) is 11.4. The first kappa shape index (κ1) is 31.6. The average Bonchev–Trinajstić information content (AvgIpc) is 3.02. The number of nitrogens with zero attached hydrogens (tertiary/aromatic N) is 4. The number of carbonyl (C=O) groups is 2. The second-order valence-electron chi connectivity index (χ2n) is 10.1. The first-order chi connectivity index (χ1) is 20.9. The number of carbonyl (C=O) groups excluding carboxylic acids is 2. The van der Waals surface area contributed by atoms with Crippen LogP contribution >= 0.6 is 0 Å². The lowest BCUT2D eigenvalue weighted by atomic mass is 9.97. The van der Waals surface area contributed by atoms with E-state index in [4.69, 9.17) is 28.9 Å². The molecule has 1 aromatic carbocycles. The van der Waals surface area contributed by atoms with Gasteiger partial charge in [0.25, 0.3) is 0 Å². The van der Waals surface area contributed by atoms with Gasteiger partial charge in [0, 0.05) is 69.0 Å².